The lowest BCUT2D eigenvalue weighted by atomic mass is 10.1. The summed E-state index contributed by atoms with van der Waals surface area (Å²) < 4.78 is 1.01. The molecule has 3 rings (SSSR count). The van der Waals surface area contributed by atoms with Gasteiger partial charge in [-0.3, -0.25) is 4.79 Å². The first-order valence-electron chi connectivity index (χ1n) is 7.91. The van der Waals surface area contributed by atoms with Gasteiger partial charge in [0.15, 0.2) is 0 Å². The van der Waals surface area contributed by atoms with E-state index in [9.17, 15) is 4.79 Å². The minimum atomic E-state index is 0.138. The van der Waals surface area contributed by atoms with E-state index in [1.165, 1.54) is 11.3 Å². The van der Waals surface area contributed by atoms with Crippen molar-refractivity contribution in [2.45, 2.75) is 13.8 Å². The number of amides is 1. The molecule has 0 bridgehead atoms. The van der Waals surface area contributed by atoms with Crippen molar-refractivity contribution in [2.24, 2.45) is 0 Å². The van der Waals surface area contributed by atoms with E-state index in [0.29, 0.717) is 0 Å². The van der Waals surface area contributed by atoms with Crippen molar-refractivity contribution in [3.8, 4) is 0 Å². The molecule has 0 saturated carbocycles. The Morgan fingerprint density at radius 2 is 1.74 bits per heavy atom. The molecule has 1 aliphatic heterocycles. The van der Waals surface area contributed by atoms with E-state index >= 15 is 0 Å². The van der Waals surface area contributed by atoms with Crippen LogP contribution in [0.4, 0.5) is 5.69 Å². The molecule has 0 aromatic heterocycles. The Labute approximate surface area is 146 Å². The summed E-state index contributed by atoms with van der Waals surface area (Å²) >= 11 is 3.45. The largest absolute Gasteiger partial charge is 0.368 e. The topological polar surface area (TPSA) is 23.6 Å². The van der Waals surface area contributed by atoms with Crippen LogP contribution in [-0.4, -0.2) is 37.0 Å². The average Bonchev–Trinajstić information content (AvgIpc) is 2.54. The Morgan fingerprint density at radius 3 is 2.39 bits per heavy atom. The highest BCUT2D eigenvalue weighted by Crippen LogP contribution is 2.21. The second-order valence-corrected chi connectivity index (χ2v) is 6.99. The predicted molar refractivity (Wildman–Crippen MR) is 98.2 cm³/mol. The maximum atomic E-state index is 12.7. The summed E-state index contributed by atoms with van der Waals surface area (Å²) in [4.78, 5) is 17.0. The number of halogens is 1. The van der Waals surface area contributed by atoms with Crippen molar-refractivity contribution in [3.05, 3.63) is 63.6 Å². The minimum Gasteiger partial charge on any atom is -0.368 e. The molecule has 2 aromatic rings. The SMILES string of the molecule is Cc1cccc(N2CCN(C(=O)c3ccc(Br)cc3C)CC2)c1. The average molecular weight is 373 g/mol. The van der Waals surface area contributed by atoms with Crippen LogP contribution < -0.4 is 4.90 Å². The molecule has 0 unspecified atom stereocenters. The Morgan fingerprint density at radius 1 is 1.00 bits per heavy atom. The fraction of sp³-hybridized carbons (Fsp3) is 0.316. The van der Waals surface area contributed by atoms with Crippen molar-refractivity contribution in [3.63, 3.8) is 0 Å². The zero-order valence-corrected chi connectivity index (χ0v) is 15.1. The lowest BCUT2D eigenvalue weighted by Gasteiger charge is -2.36. The molecule has 0 N–H and O–H groups in total. The van der Waals surface area contributed by atoms with Gasteiger partial charge in [0.05, 0.1) is 0 Å². The van der Waals surface area contributed by atoms with Crippen molar-refractivity contribution in [1.29, 1.82) is 0 Å². The van der Waals surface area contributed by atoms with Gasteiger partial charge in [-0.25, -0.2) is 0 Å². The van der Waals surface area contributed by atoms with Crippen molar-refractivity contribution >= 4 is 27.5 Å². The highest BCUT2D eigenvalue weighted by atomic mass is 79.9. The van der Waals surface area contributed by atoms with Gasteiger partial charge in [0.1, 0.15) is 0 Å². The zero-order chi connectivity index (χ0) is 16.4. The lowest BCUT2D eigenvalue weighted by Crippen LogP contribution is -2.49. The third-order valence-corrected chi connectivity index (χ3v) is 4.85. The summed E-state index contributed by atoms with van der Waals surface area (Å²) in [6.07, 6.45) is 0. The molecule has 1 heterocycles. The van der Waals surface area contributed by atoms with E-state index in [1.54, 1.807) is 0 Å². The molecule has 0 spiro atoms. The van der Waals surface area contributed by atoms with Crippen LogP contribution in [0.25, 0.3) is 0 Å². The van der Waals surface area contributed by atoms with Gasteiger partial charge in [0.2, 0.25) is 0 Å². The van der Waals surface area contributed by atoms with Crippen LogP contribution in [-0.2, 0) is 0 Å². The van der Waals surface area contributed by atoms with E-state index in [-0.39, 0.29) is 5.91 Å². The van der Waals surface area contributed by atoms with Gasteiger partial charge < -0.3 is 9.80 Å². The van der Waals surface area contributed by atoms with E-state index < -0.39 is 0 Å². The molecule has 23 heavy (non-hydrogen) atoms. The number of hydrogen-bond acceptors (Lipinski definition) is 2. The first kappa shape index (κ1) is 16.1. The molecule has 120 valence electrons. The van der Waals surface area contributed by atoms with Gasteiger partial charge in [0.25, 0.3) is 5.91 Å². The molecule has 1 saturated heterocycles. The first-order chi connectivity index (χ1) is 11.0. The summed E-state index contributed by atoms with van der Waals surface area (Å²) in [5, 5.41) is 0. The third-order valence-electron chi connectivity index (χ3n) is 4.35. The summed E-state index contributed by atoms with van der Waals surface area (Å²) in [6, 6.07) is 14.4. The number of anilines is 1. The highest BCUT2D eigenvalue weighted by Gasteiger charge is 2.23. The summed E-state index contributed by atoms with van der Waals surface area (Å²) in [5.41, 5.74) is 4.34. The number of hydrogen-bond donors (Lipinski definition) is 0. The Kier molecular flexibility index (Phi) is 4.71. The van der Waals surface area contributed by atoms with Crippen LogP contribution in [0.15, 0.2) is 46.9 Å². The molecule has 1 aliphatic rings. The number of piperazine rings is 1. The second kappa shape index (κ2) is 6.75. The predicted octanol–water partition coefficient (Wildman–Crippen LogP) is 4.03. The van der Waals surface area contributed by atoms with Gasteiger partial charge >= 0.3 is 0 Å². The van der Waals surface area contributed by atoms with Crippen molar-refractivity contribution in [1.82, 2.24) is 4.90 Å². The Balaban J connectivity index is 1.68. The molecule has 0 atom stereocenters. The van der Waals surface area contributed by atoms with Crippen molar-refractivity contribution in [2.75, 3.05) is 31.1 Å². The van der Waals surface area contributed by atoms with Gasteiger partial charge in [-0.1, -0.05) is 28.1 Å². The molecule has 4 heteroatoms. The van der Waals surface area contributed by atoms with Crippen molar-refractivity contribution < 1.29 is 4.79 Å². The van der Waals surface area contributed by atoms with E-state index in [0.717, 1.165) is 41.8 Å². The van der Waals surface area contributed by atoms with Crippen LogP contribution in [0.1, 0.15) is 21.5 Å². The zero-order valence-electron chi connectivity index (χ0n) is 13.6. The molecule has 0 radical (unpaired) electrons. The standard InChI is InChI=1S/C19H21BrN2O/c1-14-4-3-5-17(12-14)21-8-10-22(11-9-21)19(23)18-7-6-16(20)13-15(18)2/h3-7,12-13H,8-11H2,1-2H3. The van der Waals surface area contributed by atoms with Gasteiger partial charge in [-0.15, -0.1) is 0 Å². The Hall–Kier alpha value is -1.81. The molecule has 1 amide bonds. The van der Waals surface area contributed by atoms with E-state index in [1.807, 2.05) is 30.0 Å². The van der Waals surface area contributed by atoms with Gasteiger partial charge in [0, 0.05) is 41.9 Å². The van der Waals surface area contributed by atoms with Crippen LogP contribution in [0, 0.1) is 13.8 Å². The number of benzene rings is 2. The van der Waals surface area contributed by atoms with Gasteiger partial charge in [-0.2, -0.15) is 0 Å². The third kappa shape index (κ3) is 3.58. The number of carbonyl (C=O) groups excluding carboxylic acids is 1. The fourth-order valence-corrected chi connectivity index (χ4v) is 3.51. The van der Waals surface area contributed by atoms with E-state index in [2.05, 4.69) is 52.0 Å². The number of nitrogens with zero attached hydrogens (tertiary/aromatic N) is 2. The number of carbonyl (C=O) groups is 1. The van der Waals surface area contributed by atoms with Crippen LogP contribution in [0.5, 0.6) is 0 Å². The molecule has 3 nitrogen and oxygen atoms in total. The monoisotopic (exact) mass is 372 g/mol. The molecule has 1 fully saturated rings. The van der Waals surface area contributed by atoms with E-state index in [4.69, 9.17) is 0 Å². The van der Waals surface area contributed by atoms with Crippen LogP contribution in [0.2, 0.25) is 0 Å². The first-order valence-corrected chi connectivity index (χ1v) is 8.71. The van der Waals surface area contributed by atoms with Crippen LogP contribution in [0.3, 0.4) is 0 Å². The quantitative estimate of drug-likeness (QED) is 0.794. The highest BCUT2D eigenvalue weighted by molar-refractivity contribution is 9.10. The number of aryl methyl sites for hydroxylation is 2. The van der Waals surface area contributed by atoms with Gasteiger partial charge in [-0.05, 0) is 55.3 Å². The minimum absolute atomic E-state index is 0.138. The normalized spacial score (nSPS) is 14.9. The second-order valence-electron chi connectivity index (χ2n) is 6.08. The molecular weight excluding hydrogens is 352 g/mol. The molecular formula is C19H21BrN2O. The molecule has 0 aliphatic carbocycles. The summed E-state index contributed by atoms with van der Waals surface area (Å²) in [5.74, 6) is 0.138. The summed E-state index contributed by atoms with van der Waals surface area (Å²) in [6.45, 7) is 7.39. The molecule has 2 aromatic carbocycles. The fourth-order valence-electron chi connectivity index (χ4n) is 3.03. The Bertz CT molecular complexity index is 721. The van der Waals surface area contributed by atoms with Crippen LogP contribution >= 0.6 is 15.9 Å². The summed E-state index contributed by atoms with van der Waals surface area (Å²) in [7, 11) is 0. The number of rotatable bonds is 2. The maximum Gasteiger partial charge on any atom is 0.254 e. The maximum absolute atomic E-state index is 12.7. The smallest absolute Gasteiger partial charge is 0.254 e. The lowest BCUT2D eigenvalue weighted by molar-refractivity contribution is 0.0746.